The molecule has 1 atom stereocenters. The first kappa shape index (κ1) is 21.5. The summed E-state index contributed by atoms with van der Waals surface area (Å²) in [6.07, 6.45) is 0. The predicted molar refractivity (Wildman–Crippen MR) is 103 cm³/mol. The van der Waals surface area contributed by atoms with E-state index in [-0.39, 0.29) is 33.0 Å². The summed E-state index contributed by atoms with van der Waals surface area (Å²) >= 11 is 12.1. The molecular formula is C17H17Cl2LiO3P. The number of ether oxygens (including phenoxy) is 2. The molecule has 0 aliphatic heterocycles. The van der Waals surface area contributed by atoms with Gasteiger partial charge in [0.2, 0.25) is 0 Å². The third-order valence-corrected chi connectivity index (χ3v) is 4.73. The molecule has 123 valence electrons. The first-order valence-electron chi connectivity index (χ1n) is 7.17. The summed E-state index contributed by atoms with van der Waals surface area (Å²) in [5, 5.41) is 1.67. The predicted octanol–water partition coefficient (Wildman–Crippen LogP) is 4.17. The Morgan fingerprint density at radius 2 is 1.67 bits per heavy atom. The second-order valence-electron chi connectivity index (χ2n) is 4.62. The summed E-state index contributed by atoms with van der Waals surface area (Å²) in [5.74, 6) is 0.751. The number of rotatable bonds is 8. The van der Waals surface area contributed by atoms with E-state index in [1.54, 1.807) is 18.2 Å². The topological polar surface area (TPSA) is 35.5 Å². The van der Waals surface area contributed by atoms with Crippen molar-refractivity contribution in [3.8, 4) is 5.75 Å². The molecular weight excluding hydrogens is 361 g/mol. The number of carbonyl (C=O) groups is 1. The van der Waals surface area contributed by atoms with E-state index in [9.17, 15) is 4.79 Å². The Morgan fingerprint density at radius 1 is 1.04 bits per heavy atom. The Morgan fingerprint density at radius 3 is 2.25 bits per heavy atom. The standard InChI is InChI=1S/C17H17Cl2O3P.Li/c1-2-21-10-11-22-12-6-8-13(9-7-12)23-17(20)16-14(18)4-3-5-15(16)19;/h3-9,23H,2,10-11H2,1H3;. The van der Waals surface area contributed by atoms with Crippen molar-refractivity contribution < 1.29 is 14.3 Å². The average Bonchev–Trinajstić information content (AvgIpc) is 2.53. The molecule has 0 aliphatic carbocycles. The normalized spacial score (nSPS) is 10.6. The first-order chi connectivity index (χ1) is 11.1. The minimum atomic E-state index is -0.0781. The third kappa shape index (κ3) is 6.41. The third-order valence-electron chi connectivity index (χ3n) is 3.00. The smallest absolute Gasteiger partial charge is 0.188 e. The van der Waals surface area contributed by atoms with Gasteiger partial charge in [-0.05, 0) is 45.1 Å². The van der Waals surface area contributed by atoms with E-state index < -0.39 is 0 Å². The van der Waals surface area contributed by atoms with Crippen molar-refractivity contribution in [1.29, 1.82) is 0 Å². The summed E-state index contributed by atoms with van der Waals surface area (Å²) < 4.78 is 10.8. The Labute approximate surface area is 166 Å². The summed E-state index contributed by atoms with van der Waals surface area (Å²) in [6.45, 7) is 3.68. The van der Waals surface area contributed by atoms with Crippen LogP contribution in [0.15, 0.2) is 42.5 Å². The van der Waals surface area contributed by atoms with Gasteiger partial charge in [0.15, 0.2) is 5.52 Å². The number of hydrogen-bond acceptors (Lipinski definition) is 3. The fourth-order valence-electron chi connectivity index (χ4n) is 1.91. The number of carbonyl (C=O) groups excluding carboxylic acids is 1. The second-order valence-corrected chi connectivity index (χ2v) is 6.72. The van der Waals surface area contributed by atoms with Gasteiger partial charge in [-0.3, -0.25) is 4.79 Å². The van der Waals surface area contributed by atoms with Crippen molar-refractivity contribution in [3.63, 3.8) is 0 Å². The van der Waals surface area contributed by atoms with E-state index in [4.69, 9.17) is 32.7 Å². The summed E-state index contributed by atoms with van der Waals surface area (Å²) in [5.41, 5.74) is 0.303. The van der Waals surface area contributed by atoms with Gasteiger partial charge in [-0.15, -0.1) is 0 Å². The fraction of sp³-hybridized carbons (Fsp3) is 0.235. The minimum Gasteiger partial charge on any atom is -0.491 e. The molecule has 0 heterocycles. The maximum atomic E-state index is 12.4. The van der Waals surface area contributed by atoms with E-state index in [1.165, 1.54) is 0 Å². The fourth-order valence-corrected chi connectivity index (χ4v) is 3.62. The molecule has 7 heteroatoms. The van der Waals surface area contributed by atoms with E-state index in [0.29, 0.717) is 35.4 Å². The van der Waals surface area contributed by atoms with Crippen LogP contribution in [-0.2, 0) is 4.74 Å². The molecule has 0 aromatic heterocycles. The van der Waals surface area contributed by atoms with Crippen LogP contribution >= 0.6 is 31.8 Å². The van der Waals surface area contributed by atoms with Crippen molar-refractivity contribution >= 4 is 61.5 Å². The molecule has 3 nitrogen and oxygen atoms in total. The molecule has 0 N–H and O–H groups in total. The molecule has 2 rings (SSSR count). The molecule has 1 unspecified atom stereocenters. The van der Waals surface area contributed by atoms with Crippen molar-refractivity contribution in [2.45, 2.75) is 6.92 Å². The molecule has 24 heavy (non-hydrogen) atoms. The molecule has 0 bridgehead atoms. The van der Waals surface area contributed by atoms with E-state index >= 15 is 0 Å². The van der Waals surface area contributed by atoms with E-state index in [0.717, 1.165) is 11.1 Å². The Kier molecular flexibility index (Phi) is 10.0. The Bertz CT molecular complexity index is 645. The van der Waals surface area contributed by atoms with Crippen LogP contribution in [0.1, 0.15) is 17.3 Å². The molecule has 0 saturated carbocycles. The van der Waals surface area contributed by atoms with Crippen LogP contribution in [0, 0.1) is 0 Å². The van der Waals surface area contributed by atoms with Crippen LogP contribution < -0.4 is 10.0 Å². The maximum Gasteiger partial charge on any atom is 0.188 e. The van der Waals surface area contributed by atoms with Gasteiger partial charge in [0.25, 0.3) is 0 Å². The second kappa shape index (κ2) is 11.2. The van der Waals surface area contributed by atoms with Crippen LogP contribution in [0.5, 0.6) is 5.75 Å². The van der Waals surface area contributed by atoms with Gasteiger partial charge in [-0.1, -0.05) is 41.4 Å². The quantitative estimate of drug-likeness (QED) is 0.393. The van der Waals surface area contributed by atoms with Crippen LogP contribution in [0.25, 0.3) is 0 Å². The first-order valence-corrected chi connectivity index (χ1v) is 8.93. The number of halogens is 2. The van der Waals surface area contributed by atoms with Gasteiger partial charge in [0.05, 0.1) is 22.2 Å². The van der Waals surface area contributed by atoms with E-state index in [1.807, 2.05) is 31.2 Å². The van der Waals surface area contributed by atoms with Gasteiger partial charge in [-0.2, -0.15) is 0 Å². The minimum absolute atomic E-state index is 0. The molecule has 0 spiro atoms. The molecule has 0 saturated heterocycles. The molecule has 0 fully saturated rings. The molecule has 2 aromatic rings. The zero-order chi connectivity index (χ0) is 16.7. The van der Waals surface area contributed by atoms with Crippen molar-refractivity contribution in [3.05, 3.63) is 58.1 Å². The van der Waals surface area contributed by atoms with Gasteiger partial charge in [0, 0.05) is 25.5 Å². The van der Waals surface area contributed by atoms with Crippen LogP contribution in [0.2, 0.25) is 10.0 Å². The van der Waals surface area contributed by atoms with Crippen molar-refractivity contribution in [2.24, 2.45) is 0 Å². The van der Waals surface area contributed by atoms with Crippen LogP contribution in [0.3, 0.4) is 0 Å². The van der Waals surface area contributed by atoms with Gasteiger partial charge in [-0.25, -0.2) is 0 Å². The van der Waals surface area contributed by atoms with Crippen LogP contribution in [0.4, 0.5) is 0 Å². The monoisotopic (exact) mass is 377 g/mol. The molecule has 0 amide bonds. The Hall–Kier alpha value is -0.523. The SMILES string of the molecule is CCOCCOc1ccc(PC(=O)c2c(Cl)cccc2Cl)cc1.[Li]. The maximum absolute atomic E-state index is 12.4. The van der Waals surface area contributed by atoms with Crippen molar-refractivity contribution in [2.75, 3.05) is 19.8 Å². The largest absolute Gasteiger partial charge is 0.491 e. The average molecular weight is 378 g/mol. The summed E-state index contributed by atoms with van der Waals surface area (Å²) in [7, 11) is -0.0409. The Balaban J connectivity index is 0.00000288. The van der Waals surface area contributed by atoms with Crippen LogP contribution in [-0.4, -0.2) is 44.2 Å². The molecule has 1 radical (unpaired) electrons. The number of hydrogen-bond donors (Lipinski definition) is 0. The van der Waals surface area contributed by atoms with Gasteiger partial charge in [0.1, 0.15) is 12.4 Å². The zero-order valence-electron chi connectivity index (χ0n) is 13.6. The summed E-state index contributed by atoms with van der Waals surface area (Å²) in [6, 6.07) is 12.5. The number of benzene rings is 2. The zero-order valence-corrected chi connectivity index (χ0v) is 16.2. The molecule has 2 aromatic carbocycles. The molecule has 0 aliphatic rings. The van der Waals surface area contributed by atoms with E-state index in [2.05, 4.69) is 0 Å². The van der Waals surface area contributed by atoms with Gasteiger partial charge >= 0.3 is 0 Å². The van der Waals surface area contributed by atoms with Crippen molar-refractivity contribution in [1.82, 2.24) is 0 Å². The van der Waals surface area contributed by atoms with Gasteiger partial charge < -0.3 is 9.47 Å². The summed E-state index contributed by atoms with van der Waals surface area (Å²) in [4.78, 5) is 12.4.